The summed E-state index contributed by atoms with van der Waals surface area (Å²) < 4.78 is 0. The Kier molecular flexibility index (Phi) is 5.37. The van der Waals surface area contributed by atoms with Crippen molar-refractivity contribution in [2.75, 3.05) is 6.54 Å². The fourth-order valence-electron chi connectivity index (χ4n) is 2.28. The number of phenols is 1. The van der Waals surface area contributed by atoms with Crippen molar-refractivity contribution in [2.24, 2.45) is 4.99 Å². The SMILES string of the molecule is CCN1C(=O)/C(=C\c2cc(Cl)ccc2O)SC1=Nc1ccc(Cl)cc1. The number of phenolic OH excluding ortho intramolecular Hbond substituents is 1. The number of rotatable bonds is 3. The van der Waals surface area contributed by atoms with E-state index in [-0.39, 0.29) is 11.7 Å². The maximum absolute atomic E-state index is 12.6. The molecule has 0 saturated carbocycles. The number of nitrogens with zero attached hydrogens (tertiary/aromatic N) is 2. The first-order chi connectivity index (χ1) is 12.0. The van der Waals surface area contributed by atoms with Crippen molar-refractivity contribution < 1.29 is 9.90 Å². The molecule has 25 heavy (non-hydrogen) atoms. The largest absolute Gasteiger partial charge is 0.507 e. The molecule has 2 aromatic rings. The summed E-state index contributed by atoms with van der Waals surface area (Å²) in [6.07, 6.45) is 1.63. The molecule has 0 aromatic heterocycles. The van der Waals surface area contributed by atoms with Gasteiger partial charge in [-0.25, -0.2) is 4.99 Å². The Morgan fingerprint density at radius 1 is 1.16 bits per heavy atom. The van der Waals surface area contributed by atoms with E-state index in [1.54, 1.807) is 47.4 Å². The third-order valence-corrected chi connectivity index (χ3v) is 5.03. The van der Waals surface area contributed by atoms with Gasteiger partial charge in [0.05, 0.1) is 10.6 Å². The topological polar surface area (TPSA) is 52.9 Å². The molecule has 0 atom stereocenters. The Labute approximate surface area is 159 Å². The number of likely N-dealkylation sites (N-methyl/N-ethyl adjacent to an activating group) is 1. The molecule has 1 aliphatic heterocycles. The van der Waals surface area contributed by atoms with E-state index in [0.717, 1.165) is 0 Å². The van der Waals surface area contributed by atoms with Crippen LogP contribution in [-0.4, -0.2) is 27.6 Å². The maximum atomic E-state index is 12.6. The lowest BCUT2D eigenvalue weighted by Crippen LogP contribution is -2.28. The van der Waals surface area contributed by atoms with Crippen LogP contribution in [0.25, 0.3) is 6.08 Å². The number of hydrogen-bond acceptors (Lipinski definition) is 4. The van der Waals surface area contributed by atoms with Crippen LogP contribution >= 0.6 is 35.0 Å². The Bertz CT molecular complexity index is 879. The van der Waals surface area contributed by atoms with Crippen LogP contribution in [0, 0.1) is 0 Å². The van der Waals surface area contributed by atoms with Gasteiger partial charge in [-0.2, -0.15) is 0 Å². The van der Waals surface area contributed by atoms with Crippen molar-refractivity contribution in [1.82, 2.24) is 4.90 Å². The van der Waals surface area contributed by atoms with E-state index in [9.17, 15) is 9.90 Å². The molecule has 0 spiro atoms. The number of amides is 1. The van der Waals surface area contributed by atoms with Gasteiger partial charge in [0.25, 0.3) is 5.91 Å². The predicted octanol–water partition coefficient (Wildman–Crippen LogP) is 5.32. The zero-order valence-corrected chi connectivity index (χ0v) is 15.6. The average molecular weight is 393 g/mol. The minimum Gasteiger partial charge on any atom is -0.507 e. The minimum atomic E-state index is -0.153. The summed E-state index contributed by atoms with van der Waals surface area (Å²) in [5.74, 6) is -0.0870. The molecular weight excluding hydrogens is 379 g/mol. The van der Waals surface area contributed by atoms with Crippen LogP contribution in [-0.2, 0) is 4.79 Å². The number of thioether (sulfide) groups is 1. The summed E-state index contributed by atoms with van der Waals surface area (Å²) in [6, 6.07) is 11.8. The molecule has 7 heteroatoms. The normalized spacial score (nSPS) is 17.7. The van der Waals surface area contributed by atoms with Crippen molar-refractivity contribution in [1.29, 1.82) is 0 Å². The molecule has 0 bridgehead atoms. The highest BCUT2D eigenvalue weighted by molar-refractivity contribution is 8.18. The van der Waals surface area contributed by atoms with Crippen LogP contribution in [0.1, 0.15) is 12.5 Å². The van der Waals surface area contributed by atoms with E-state index in [1.165, 1.54) is 17.8 Å². The number of carbonyl (C=O) groups is 1. The lowest BCUT2D eigenvalue weighted by Gasteiger charge is -2.11. The number of halogens is 2. The summed E-state index contributed by atoms with van der Waals surface area (Å²) in [7, 11) is 0. The van der Waals surface area contributed by atoms with Crippen LogP contribution in [0.5, 0.6) is 5.75 Å². The first-order valence-corrected chi connectivity index (χ1v) is 9.09. The fraction of sp³-hybridized carbons (Fsp3) is 0.111. The van der Waals surface area contributed by atoms with E-state index >= 15 is 0 Å². The number of amidine groups is 1. The zero-order valence-electron chi connectivity index (χ0n) is 13.2. The van der Waals surface area contributed by atoms with Gasteiger partial charge in [0.2, 0.25) is 0 Å². The zero-order chi connectivity index (χ0) is 18.0. The fourth-order valence-corrected chi connectivity index (χ4v) is 3.64. The number of hydrogen-bond donors (Lipinski definition) is 1. The second-order valence-electron chi connectivity index (χ2n) is 5.23. The average Bonchev–Trinajstić information content (AvgIpc) is 2.88. The molecule has 1 N–H and O–H groups in total. The van der Waals surface area contributed by atoms with E-state index in [4.69, 9.17) is 23.2 Å². The molecular formula is C18H14Cl2N2O2S. The molecule has 1 saturated heterocycles. The molecule has 4 nitrogen and oxygen atoms in total. The smallest absolute Gasteiger partial charge is 0.266 e. The highest BCUT2D eigenvalue weighted by Crippen LogP contribution is 2.35. The highest BCUT2D eigenvalue weighted by Gasteiger charge is 2.32. The van der Waals surface area contributed by atoms with Crippen LogP contribution in [0.4, 0.5) is 5.69 Å². The molecule has 0 aliphatic carbocycles. The number of benzene rings is 2. The molecule has 128 valence electrons. The van der Waals surface area contributed by atoms with Crippen molar-refractivity contribution in [3.63, 3.8) is 0 Å². The third-order valence-electron chi connectivity index (χ3n) is 3.53. The summed E-state index contributed by atoms with van der Waals surface area (Å²) in [4.78, 5) is 19.2. The molecule has 0 unspecified atom stereocenters. The summed E-state index contributed by atoms with van der Waals surface area (Å²) >= 11 is 13.1. The van der Waals surface area contributed by atoms with Gasteiger partial charge in [-0.3, -0.25) is 9.69 Å². The third kappa shape index (κ3) is 4.00. The molecule has 2 aromatic carbocycles. The van der Waals surface area contributed by atoms with Gasteiger partial charge >= 0.3 is 0 Å². The molecule has 1 aliphatic rings. The molecule has 3 rings (SSSR count). The van der Waals surface area contributed by atoms with Gasteiger partial charge in [0.1, 0.15) is 5.75 Å². The van der Waals surface area contributed by atoms with Gasteiger partial charge in [-0.05, 0) is 67.2 Å². The Hall–Kier alpha value is -1.95. The standard InChI is InChI=1S/C18H14Cl2N2O2S/c1-2-22-17(24)16(10-11-9-13(20)5-8-15(11)23)25-18(22)21-14-6-3-12(19)4-7-14/h3-10,23H,2H2,1H3/b16-10+,21-18?. The molecule has 1 heterocycles. The van der Waals surface area contributed by atoms with Gasteiger partial charge in [-0.15, -0.1) is 0 Å². The quantitative estimate of drug-likeness (QED) is 0.718. The van der Waals surface area contributed by atoms with E-state index in [2.05, 4.69) is 4.99 Å². The summed E-state index contributed by atoms with van der Waals surface area (Å²) in [5, 5.41) is 11.7. The first kappa shape index (κ1) is 17.9. The van der Waals surface area contributed by atoms with Crippen LogP contribution in [0.15, 0.2) is 52.4 Å². The summed E-state index contributed by atoms with van der Waals surface area (Å²) in [6.45, 7) is 2.38. The Morgan fingerprint density at radius 2 is 1.84 bits per heavy atom. The molecule has 1 fully saturated rings. The number of aromatic hydroxyl groups is 1. The van der Waals surface area contributed by atoms with Gasteiger partial charge in [0.15, 0.2) is 5.17 Å². The second kappa shape index (κ2) is 7.52. The maximum Gasteiger partial charge on any atom is 0.266 e. The molecule has 0 radical (unpaired) electrons. The predicted molar refractivity (Wildman–Crippen MR) is 105 cm³/mol. The first-order valence-electron chi connectivity index (χ1n) is 7.52. The van der Waals surface area contributed by atoms with Crippen molar-refractivity contribution in [3.05, 3.63) is 63.0 Å². The van der Waals surface area contributed by atoms with Crippen LogP contribution in [0.3, 0.4) is 0 Å². The van der Waals surface area contributed by atoms with Crippen LogP contribution < -0.4 is 0 Å². The number of aliphatic imine (C=N–C) groups is 1. The van der Waals surface area contributed by atoms with E-state index in [1.807, 2.05) is 6.92 Å². The summed E-state index contributed by atoms with van der Waals surface area (Å²) in [5.41, 5.74) is 1.21. The van der Waals surface area contributed by atoms with E-state index in [0.29, 0.717) is 37.9 Å². The minimum absolute atomic E-state index is 0.0661. The van der Waals surface area contributed by atoms with Gasteiger partial charge in [0, 0.05) is 22.2 Å². The molecule has 1 amide bonds. The van der Waals surface area contributed by atoms with Crippen molar-refractivity contribution in [2.45, 2.75) is 6.92 Å². The Morgan fingerprint density at radius 3 is 2.52 bits per heavy atom. The lowest BCUT2D eigenvalue weighted by atomic mass is 10.2. The van der Waals surface area contributed by atoms with Gasteiger partial charge < -0.3 is 5.11 Å². The lowest BCUT2D eigenvalue weighted by molar-refractivity contribution is -0.122. The van der Waals surface area contributed by atoms with Crippen molar-refractivity contribution >= 4 is 57.8 Å². The van der Waals surface area contributed by atoms with Crippen molar-refractivity contribution in [3.8, 4) is 5.75 Å². The Balaban J connectivity index is 1.96. The monoisotopic (exact) mass is 392 g/mol. The van der Waals surface area contributed by atoms with Crippen LogP contribution in [0.2, 0.25) is 10.0 Å². The van der Waals surface area contributed by atoms with E-state index < -0.39 is 0 Å². The number of carbonyl (C=O) groups excluding carboxylic acids is 1. The second-order valence-corrected chi connectivity index (χ2v) is 7.12. The highest BCUT2D eigenvalue weighted by atomic mass is 35.5. The van der Waals surface area contributed by atoms with Gasteiger partial charge in [-0.1, -0.05) is 23.2 Å².